The van der Waals surface area contributed by atoms with E-state index < -0.39 is 10.0 Å². The van der Waals surface area contributed by atoms with Crippen LogP contribution in [0.2, 0.25) is 0 Å². The summed E-state index contributed by atoms with van der Waals surface area (Å²) in [4.78, 5) is 22.5. The number of piperidine rings is 1. The monoisotopic (exact) mass is 560 g/mol. The summed E-state index contributed by atoms with van der Waals surface area (Å²) in [5.41, 5.74) is 1.04. The van der Waals surface area contributed by atoms with Crippen LogP contribution in [0.1, 0.15) is 43.0 Å². The molecule has 38 heavy (non-hydrogen) atoms. The fraction of sp³-hybridized carbons (Fsp3) is 0.481. The average Bonchev–Trinajstić information content (AvgIpc) is 3.35. The number of anilines is 1. The molecule has 9 nitrogen and oxygen atoms in total. The minimum absolute atomic E-state index is 0.0322. The van der Waals surface area contributed by atoms with E-state index in [2.05, 4.69) is 4.90 Å². The van der Waals surface area contributed by atoms with Crippen LogP contribution < -0.4 is 14.4 Å². The number of fused-ring (bicyclic) bond motifs is 1. The SMILES string of the molecule is COc1ccc(OC)c2sc(N(CCCN(C)C)C(=O)c3ccc(S(=O)(=O)N4CCCCC4C)cc3)nc12. The molecular formula is C27H36N4O5S2. The van der Waals surface area contributed by atoms with Gasteiger partial charge in [0.1, 0.15) is 21.7 Å². The van der Waals surface area contributed by atoms with Crippen LogP contribution in [-0.4, -0.2) is 82.5 Å². The summed E-state index contributed by atoms with van der Waals surface area (Å²) in [5, 5.41) is 0.533. The van der Waals surface area contributed by atoms with E-state index in [1.807, 2.05) is 27.1 Å². The standard InChI is InChI=1S/C27H36N4O5S2/c1-19-9-6-7-18-31(19)38(33,34)21-12-10-20(11-13-21)26(32)30(17-8-16-29(2)3)27-28-24-22(35-4)14-15-23(36-5)25(24)37-27/h10-15,19H,6-9,16-18H2,1-5H3. The number of amides is 1. The Morgan fingerprint density at radius 1 is 1.05 bits per heavy atom. The Labute approximate surface area is 229 Å². The molecule has 0 bridgehead atoms. The molecule has 1 fully saturated rings. The lowest BCUT2D eigenvalue weighted by molar-refractivity contribution is 0.0986. The first-order valence-electron chi connectivity index (χ1n) is 12.8. The molecule has 206 valence electrons. The van der Waals surface area contributed by atoms with Gasteiger partial charge in [0.25, 0.3) is 5.91 Å². The normalized spacial score (nSPS) is 16.6. The van der Waals surface area contributed by atoms with Gasteiger partial charge in [0.15, 0.2) is 5.13 Å². The second kappa shape index (κ2) is 12.0. The van der Waals surface area contributed by atoms with Gasteiger partial charge in [0.05, 0.1) is 19.1 Å². The van der Waals surface area contributed by atoms with Crippen molar-refractivity contribution >= 4 is 42.6 Å². The number of aromatic nitrogens is 1. The zero-order chi connectivity index (χ0) is 27.4. The third-order valence-corrected chi connectivity index (χ3v) is 9.93. The Hall–Kier alpha value is -2.73. The van der Waals surface area contributed by atoms with E-state index >= 15 is 0 Å². The van der Waals surface area contributed by atoms with Crippen molar-refractivity contribution in [2.45, 2.75) is 43.5 Å². The number of hydrogen-bond donors (Lipinski definition) is 0. The van der Waals surface area contributed by atoms with Crippen LogP contribution in [-0.2, 0) is 10.0 Å². The Bertz CT molecular complexity index is 1330. The molecular weight excluding hydrogens is 524 g/mol. The van der Waals surface area contributed by atoms with Crippen molar-refractivity contribution in [1.82, 2.24) is 14.2 Å². The topological polar surface area (TPSA) is 92.3 Å². The lowest BCUT2D eigenvalue weighted by Crippen LogP contribution is -2.41. The predicted octanol–water partition coefficient (Wildman–Crippen LogP) is 4.48. The van der Waals surface area contributed by atoms with Crippen molar-refractivity contribution in [1.29, 1.82) is 0 Å². The number of sulfonamides is 1. The zero-order valence-corrected chi connectivity index (χ0v) is 24.3. The second-order valence-corrected chi connectivity index (χ2v) is 12.6. The highest BCUT2D eigenvalue weighted by Gasteiger charge is 2.31. The second-order valence-electron chi connectivity index (χ2n) is 9.74. The first-order chi connectivity index (χ1) is 18.2. The molecule has 0 aliphatic carbocycles. The van der Waals surface area contributed by atoms with Crippen LogP contribution in [0, 0.1) is 0 Å². The molecule has 1 aliphatic rings. The molecule has 1 amide bonds. The van der Waals surface area contributed by atoms with Crippen LogP contribution >= 0.6 is 11.3 Å². The smallest absolute Gasteiger partial charge is 0.260 e. The van der Waals surface area contributed by atoms with E-state index in [-0.39, 0.29) is 16.8 Å². The third-order valence-electron chi connectivity index (χ3n) is 6.81. The summed E-state index contributed by atoms with van der Waals surface area (Å²) < 4.78 is 39.9. The van der Waals surface area contributed by atoms with Crippen molar-refractivity contribution in [3.8, 4) is 11.5 Å². The highest BCUT2D eigenvalue weighted by atomic mass is 32.2. The van der Waals surface area contributed by atoms with Gasteiger partial charge >= 0.3 is 0 Å². The highest BCUT2D eigenvalue weighted by molar-refractivity contribution is 7.89. The lowest BCUT2D eigenvalue weighted by Gasteiger charge is -2.32. The molecule has 3 aromatic rings. The van der Waals surface area contributed by atoms with E-state index in [4.69, 9.17) is 14.5 Å². The van der Waals surface area contributed by atoms with Crippen LogP contribution in [0.3, 0.4) is 0 Å². The van der Waals surface area contributed by atoms with Gasteiger partial charge in [-0.05, 0) is 83.2 Å². The summed E-state index contributed by atoms with van der Waals surface area (Å²) >= 11 is 1.37. The zero-order valence-electron chi connectivity index (χ0n) is 22.6. The number of nitrogens with zero attached hydrogens (tertiary/aromatic N) is 4. The quantitative estimate of drug-likeness (QED) is 0.361. The number of carbonyl (C=O) groups is 1. The van der Waals surface area contributed by atoms with Gasteiger partial charge in [-0.2, -0.15) is 4.31 Å². The molecule has 1 saturated heterocycles. The van der Waals surface area contributed by atoms with Crippen LogP contribution in [0.15, 0.2) is 41.3 Å². The Balaban J connectivity index is 1.66. The Morgan fingerprint density at radius 2 is 1.74 bits per heavy atom. The molecule has 0 spiro atoms. The van der Waals surface area contributed by atoms with Crippen molar-refractivity contribution in [2.75, 3.05) is 52.8 Å². The molecule has 0 N–H and O–H groups in total. The summed E-state index contributed by atoms with van der Waals surface area (Å²) in [6.07, 6.45) is 3.49. The number of hydrogen-bond acceptors (Lipinski definition) is 8. The Kier molecular flexibility index (Phi) is 8.92. The average molecular weight is 561 g/mol. The van der Waals surface area contributed by atoms with Crippen LogP contribution in [0.5, 0.6) is 11.5 Å². The van der Waals surface area contributed by atoms with Crippen LogP contribution in [0.25, 0.3) is 10.2 Å². The number of methoxy groups -OCH3 is 2. The van der Waals surface area contributed by atoms with Gasteiger partial charge in [-0.25, -0.2) is 13.4 Å². The fourth-order valence-corrected chi connectivity index (χ4v) is 7.51. The van der Waals surface area contributed by atoms with E-state index in [9.17, 15) is 13.2 Å². The van der Waals surface area contributed by atoms with Gasteiger partial charge in [0.2, 0.25) is 10.0 Å². The molecule has 1 atom stereocenters. The number of thiazole rings is 1. The van der Waals surface area contributed by atoms with Gasteiger partial charge in [0, 0.05) is 24.7 Å². The van der Waals surface area contributed by atoms with E-state index in [1.165, 1.54) is 23.5 Å². The minimum Gasteiger partial charge on any atom is -0.495 e. The van der Waals surface area contributed by atoms with Gasteiger partial charge < -0.3 is 14.4 Å². The van der Waals surface area contributed by atoms with E-state index in [0.29, 0.717) is 40.8 Å². The summed E-state index contributed by atoms with van der Waals surface area (Å²) in [5.74, 6) is 1.02. The molecule has 11 heteroatoms. The fourth-order valence-electron chi connectivity index (χ4n) is 4.71. The highest BCUT2D eigenvalue weighted by Crippen LogP contribution is 2.40. The predicted molar refractivity (Wildman–Crippen MR) is 151 cm³/mol. The van der Waals surface area contributed by atoms with E-state index in [1.54, 1.807) is 41.6 Å². The minimum atomic E-state index is -3.62. The van der Waals surface area contributed by atoms with Crippen molar-refractivity contribution in [3.05, 3.63) is 42.0 Å². The molecule has 2 aromatic carbocycles. The van der Waals surface area contributed by atoms with Gasteiger partial charge in [-0.15, -0.1) is 0 Å². The Morgan fingerprint density at radius 3 is 2.37 bits per heavy atom. The lowest BCUT2D eigenvalue weighted by atomic mass is 10.1. The van der Waals surface area contributed by atoms with Crippen molar-refractivity contribution in [2.24, 2.45) is 0 Å². The molecule has 2 heterocycles. The van der Waals surface area contributed by atoms with Gasteiger partial charge in [-0.1, -0.05) is 17.8 Å². The van der Waals surface area contributed by atoms with Gasteiger partial charge in [-0.3, -0.25) is 9.69 Å². The molecule has 1 aliphatic heterocycles. The summed E-state index contributed by atoms with van der Waals surface area (Å²) in [6, 6.07) is 9.84. The first-order valence-corrected chi connectivity index (χ1v) is 15.0. The first kappa shape index (κ1) is 28.3. The summed E-state index contributed by atoms with van der Waals surface area (Å²) in [6.45, 7) is 3.72. The largest absolute Gasteiger partial charge is 0.495 e. The molecule has 4 rings (SSSR count). The molecule has 0 radical (unpaired) electrons. The van der Waals surface area contributed by atoms with E-state index in [0.717, 1.165) is 36.9 Å². The van der Waals surface area contributed by atoms with Crippen molar-refractivity contribution in [3.63, 3.8) is 0 Å². The number of benzene rings is 2. The number of carbonyl (C=O) groups excluding carboxylic acids is 1. The molecule has 1 unspecified atom stereocenters. The maximum Gasteiger partial charge on any atom is 0.260 e. The third kappa shape index (κ3) is 5.80. The maximum atomic E-state index is 13.8. The molecule has 1 aromatic heterocycles. The molecule has 0 saturated carbocycles. The number of ether oxygens (including phenoxy) is 2. The summed E-state index contributed by atoms with van der Waals surface area (Å²) in [7, 11) is 3.54. The maximum absolute atomic E-state index is 13.8. The van der Waals surface area contributed by atoms with Crippen molar-refractivity contribution < 1.29 is 22.7 Å². The van der Waals surface area contributed by atoms with Crippen LogP contribution in [0.4, 0.5) is 5.13 Å². The number of rotatable bonds is 10.